The van der Waals surface area contributed by atoms with E-state index in [0.717, 1.165) is 17.7 Å². The van der Waals surface area contributed by atoms with Crippen molar-refractivity contribution in [2.45, 2.75) is 85.2 Å². The van der Waals surface area contributed by atoms with Gasteiger partial charge in [-0.15, -0.1) is 0 Å². The van der Waals surface area contributed by atoms with Crippen molar-refractivity contribution in [3.63, 3.8) is 0 Å². The maximum Gasteiger partial charge on any atom is 0.407 e. The minimum atomic E-state index is -1.80. The molecule has 1 amide bonds. The zero-order valence-corrected chi connectivity index (χ0v) is 23.8. The summed E-state index contributed by atoms with van der Waals surface area (Å²) in [5.74, 6) is 0.848. The number of hydrogen-bond acceptors (Lipinski definition) is 6. The molecule has 0 saturated carbocycles. The molecule has 0 fully saturated rings. The zero-order chi connectivity index (χ0) is 25.8. The molecule has 0 spiro atoms. The Labute approximate surface area is 208 Å². The van der Waals surface area contributed by atoms with Crippen LogP contribution in [0.1, 0.15) is 59.6 Å². The van der Waals surface area contributed by atoms with Crippen molar-refractivity contribution in [2.24, 2.45) is 0 Å². The Morgan fingerprint density at radius 3 is 2.06 bits per heavy atom. The Hall–Kier alpha value is -1.61. The lowest BCUT2D eigenvalue weighted by atomic mass is 10.1. The molecule has 0 unspecified atom stereocenters. The van der Waals surface area contributed by atoms with Gasteiger partial charge in [-0.1, -0.05) is 33.8 Å². The number of rotatable bonds is 14. The number of nitrogens with one attached hydrogen (secondary N) is 1. The fourth-order valence-corrected chi connectivity index (χ4v) is 3.62. The number of amides is 1. The molecular weight excluding hydrogens is 450 g/mol. The van der Waals surface area contributed by atoms with Crippen LogP contribution in [0.3, 0.4) is 0 Å². The van der Waals surface area contributed by atoms with E-state index in [-0.39, 0.29) is 5.04 Å². The molecule has 8 heteroatoms. The van der Waals surface area contributed by atoms with Crippen LogP contribution in [0, 0.1) is 0 Å². The van der Waals surface area contributed by atoms with Gasteiger partial charge < -0.3 is 28.7 Å². The van der Waals surface area contributed by atoms with Crippen molar-refractivity contribution in [2.75, 3.05) is 39.6 Å². The highest BCUT2D eigenvalue weighted by Crippen LogP contribution is 2.37. The second kappa shape index (κ2) is 14.1. The van der Waals surface area contributed by atoms with E-state index >= 15 is 0 Å². The molecule has 0 heterocycles. The molecule has 1 N–H and O–H groups in total. The summed E-state index contributed by atoms with van der Waals surface area (Å²) in [4.78, 5) is 11.5. The largest absolute Gasteiger partial charge is 0.491 e. The maximum absolute atomic E-state index is 11.5. The van der Waals surface area contributed by atoms with E-state index in [0.29, 0.717) is 46.2 Å². The van der Waals surface area contributed by atoms with Crippen LogP contribution >= 0.6 is 0 Å². The molecule has 0 aliphatic carbocycles. The van der Waals surface area contributed by atoms with Crippen LogP contribution in [0.5, 0.6) is 5.75 Å². The van der Waals surface area contributed by atoms with Crippen LogP contribution in [-0.2, 0) is 31.7 Å². The standard InChI is InChI=1S/C26H47NO6Si/c1-10-21-17-22(20-32-34(8,9)26(5,6)7)19-23(18-21)31-16-15-30-14-13-29-12-11-27-24(28)33-25(2,3)4/h17-19H,10-16,20H2,1-9H3,(H,27,28). The van der Waals surface area contributed by atoms with E-state index in [1.54, 1.807) is 0 Å². The molecule has 196 valence electrons. The lowest BCUT2D eigenvalue weighted by Gasteiger charge is -2.36. The average molecular weight is 498 g/mol. The minimum absolute atomic E-state index is 0.185. The summed E-state index contributed by atoms with van der Waals surface area (Å²) >= 11 is 0. The average Bonchev–Trinajstić information content (AvgIpc) is 2.71. The summed E-state index contributed by atoms with van der Waals surface area (Å²) < 4.78 is 28.5. The number of ether oxygens (including phenoxy) is 4. The SMILES string of the molecule is CCc1cc(CO[Si](C)(C)C(C)(C)C)cc(OCCOCCOCCNC(=O)OC(C)(C)C)c1. The van der Waals surface area contributed by atoms with Gasteiger partial charge in [0.2, 0.25) is 0 Å². The normalized spacial score (nSPS) is 12.5. The van der Waals surface area contributed by atoms with Gasteiger partial charge in [-0.25, -0.2) is 4.79 Å². The molecule has 1 aromatic rings. The van der Waals surface area contributed by atoms with Gasteiger partial charge >= 0.3 is 6.09 Å². The van der Waals surface area contributed by atoms with Crippen LogP contribution in [-0.4, -0.2) is 59.6 Å². The van der Waals surface area contributed by atoms with Gasteiger partial charge in [0.05, 0.1) is 33.0 Å². The quantitative estimate of drug-likeness (QED) is 0.262. The Kier molecular flexibility index (Phi) is 12.6. The minimum Gasteiger partial charge on any atom is -0.491 e. The topological polar surface area (TPSA) is 75.3 Å². The van der Waals surface area contributed by atoms with Gasteiger partial charge in [0, 0.05) is 6.54 Å². The van der Waals surface area contributed by atoms with Crippen molar-refractivity contribution >= 4 is 14.4 Å². The number of carbonyl (C=O) groups is 1. The molecule has 0 radical (unpaired) electrons. The first-order valence-electron chi connectivity index (χ1n) is 12.3. The summed E-state index contributed by atoms with van der Waals surface area (Å²) in [6, 6.07) is 6.34. The van der Waals surface area contributed by atoms with Gasteiger partial charge in [-0.2, -0.15) is 0 Å². The summed E-state index contributed by atoms with van der Waals surface area (Å²) in [6.45, 7) is 22.2. The summed E-state index contributed by atoms with van der Waals surface area (Å²) in [7, 11) is -1.80. The zero-order valence-electron chi connectivity index (χ0n) is 22.8. The van der Waals surface area contributed by atoms with Gasteiger partial charge in [-0.05, 0) is 68.6 Å². The van der Waals surface area contributed by atoms with Crippen LogP contribution < -0.4 is 10.1 Å². The van der Waals surface area contributed by atoms with Crippen LogP contribution in [0.25, 0.3) is 0 Å². The van der Waals surface area contributed by atoms with E-state index in [1.807, 2.05) is 20.8 Å². The van der Waals surface area contributed by atoms with Crippen molar-refractivity contribution in [1.29, 1.82) is 0 Å². The van der Waals surface area contributed by atoms with Gasteiger partial charge in [0.15, 0.2) is 8.32 Å². The van der Waals surface area contributed by atoms with Crippen molar-refractivity contribution in [1.82, 2.24) is 5.32 Å². The highest BCUT2D eigenvalue weighted by atomic mass is 28.4. The summed E-state index contributed by atoms with van der Waals surface area (Å²) in [6.07, 6.45) is 0.507. The first-order chi connectivity index (χ1) is 15.7. The van der Waals surface area contributed by atoms with E-state index < -0.39 is 20.0 Å². The molecule has 7 nitrogen and oxygen atoms in total. The molecule has 0 saturated heterocycles. The second-order valence-corrected chi connectivity index (χ2v) is 15.7. The fraction of sp³-hybridized carbons (Fsp3) is 0.731. The number of hydrogen-bond donors (Lipinski definition) is 1. The monoisotopic (exact) mass is 497 g/mol. The third-order valence-electron chi connectivity index (χ3n) is 5.62. The fourth-order valence-electron chi connectivity index (χ4n) is 2.66. The Morgan fingerprint density at radius 1 is 0.882 bits per heavy atom. The van der Waals surface area contributed by atoms with E-state index in [1.165, 1.54) is 5.56 Å². The third-order valence-corrected chi connectivity index (χ3v) is 10.1. The first kappa shape index (κ1) is 30.4. The predicted molar refractivity (Wildman–Crippen MR) is 139 cm³/mol. The van der Waals surface area contributed by atoms with Crippen molar-refractivity contribution < 1.29 is 28.2 Å². The van der Waals surface area contributed by atoms with E-state index in [4.69, 9.17) is 23.4 Å². The van der Waals surface area contributed by atoms with Gasteiger partial charge in [-0.3, -0.25) is 0 Å². The Balaban J connectivity index is 2.27. The molecule has 0 aliphatic rings. The molecule has 0 aromatic heterocycles. The lowest BCUT2D eigenvalue weighted by Crippen LogP contribution is -2.40. The third kappa shape index (κ3) is 12.7. The Bertz CT molecular complexity index is 740. The predicted octanol–water partition coefficient (Wildman–Crippen LogP) is 5.71. The van der Waals surface area contributed by atoms with Crippen molar-refractivity contribution in [3.05, 3.63) is 29.3 Å². The molecule has 0 atom stereocenters. The van der Waals surface area contributed by atoms with Gasteiger partial charge in [0.25, 0.3) is 0 Å². The molecule has 0 aliphatic heterocycles. The van der Waals surface area contributed by atoms with Crippen molar-refractivity contribution in [3.8, 4) is 5.75 Å². The first-order valence-corrected chi connectivity index (χ1v) is 15.2. The highest BCUT2D eigenvalue weighted by Gasteiger charge is 2.37. The van der Waals surface area contributed by atoms with Crippen LogP contribution in [0.2, 0.25) is 18.1 Å². The Morgan fingerprint density at radius 2 is 1.47 bits per heavy atom. The number of benzene rings is 1. The lowest BCUT2D eigenvalue weighted by molar-refractivity contribution is 0.0327. The van der Waals surface area contributed by atoms with Gasteiger partial charge in [0.1, 0.15) is 18.0 Å². The summed E-state index contributed by atoms with van der Waals surface area (Å²) in [5.41, 5.74) is 1.88. The van der Waals surface area contributed by atoms with E-state index in [2.05, 4.69) is 64.3 Å². The number of aryl methyl sites for hydroxylation is 1. The molecular formula is C26H47NO6Si. The smallest absolute Gasteiger partial charge is 0.407 e. The molecule has 1 rings (SSSR count). The van der Waals surface area contributed by atoms with Crippen LogP contribution in [0.4, 0.5) is 4.79 Å². The molecule has 34 heavy (non-hydrogen) atoms. The highest BCUT2D eigenvalue weighted by molar-refractivity contribution is 6.74. The van der Waals surface area contributed by atoms with Crippen LogP contribution in [0.15, 0.2) is 18.2 Å². The number of alkyl carbamates (subject to hydrolysis) is 1. The second-order valence-electron chi connectivity index (χ2n) is 10.9. The molecule has 0 bridgehead atoms. The maximum atomic E-state index is 11.5. The summed E-state index contributed by atoms with van der Waals surface area (Å²) in [5, 5.41) is 2.84. The number of carbonyl (C=O) groups excluding carboxylic acids is 1. The van der Waals surface area contributed by atoms with E-state index in [9.17, 15) is 4.79 Å². The molecule has 1 aromatic carbocycles.